The number of anilines is 1. The zero-order valence-electron chi connectivity index (χ0n) is 16.5. The molecule has 7 nitrogen and oxygen atoms in total. The third-order valence-electron chi connectivity index (χ3n) is 5.89. The summed E-state index contributed by atoms with van der Waals surface area (Å²) in [5, 5.41) is 8.36. The van der Waals surface area contributed by atoms with Crippen molar-refractivity contribution < 1.29 is 4.79 Å². The number of piperidine rings is 1. The number of amides is 1. The summed E-state index contributed by atoms with van der Waals surface area (Å²) < 4.78 is 1.30. The molecular formula is C20H29N5O2S. The lowest BCUT2D eigenvalue weighted by atomic mass is 9.96. The van der Waals surface area contributed by atoms with E-state index in [1.165, 1.54) is 47.7 Å². The van der Waals surface area contributed by atoms with Gasteiger partial charge in [-0.3, -0.25) is 9.59 Å². The number of fused-ring (bicyclic) bond motifs is 1. The van der Waals surface area contributed by atoms with Gasteiger partial charge in [-0.1, -0.05) is 50.4 Å². The van der Waals surface area contributed by atoms with Crippen LogP contribution in [0.3, 0.4) is 0 Å². The molecule has 1 saturated carbocycles. The lowest BCUT2D eigenvalue weighted by Crippen LogP contribution is -2.39. The van der Waals surface area contributed by atoms with E-state index in [-0.39, 0.29) is 23.1 Å². The molecule has 1 atom stereocenters. The number of nitrogens with one attached hydrogen (secondary N) is 1. The summed E-state index contributed by atoms with van der Waals surface area (Å²) in [6.45, 7) is 4.14. The van der Waals surface area contributed by atoms with E-state index in [0.29, 0.717) is 10.9 Å². The molecule has 0 spiro atoms. The molecule has 28 heavy (non-hydrogen) atoms. The largest absolute Gasteiger partial charge is 0.349 e. The second kappa shape index (κ2) is 8.59. The summed E-state index contributed by atoms with van der Waals surface area (Å²) in [6.07, 6.45) is 11.7. The quantitative estimate of drug-likeness (QED) is 0.851. The number of hydrogen-bond donors (Lipinski definition) is 1. The van der Waals surface area contributed by atoms with Crippen molar-refractivity contribution in [2.75, 3.05) is 18.0 Å². The SMILES string of the molecule is C[C@H]1CCCN(c2nn3c(=O)c(C(=O)NC4CCCCCCC4)cnc3s2)C1. The van der Waals surface area contributed by atoms with Gasteiger partial charge in [-0.05, 0) is 31.6 Å². The predicted octanol–water partition coefficient (Wildman–Crippen LogP) is 3.23. The lowest BCUT2D eigenvalue weighted by Gasteiger charge is -2.30. The number of hydrogen-bond acceptors (Lipinski definition) is 6. The highest BCUT2D eigenvalue weighted by atomic mass is 32.1. The average Bonchev–Trinajstić information content (AvgIpc) is 3.09. The molecule has 2 aromatic heterocycles. The van der Waals surface area contributed by atoms with E-state index < -0.39 is 0 Å². The van der Waals surface area contributed by atoms with Gasteiger partial charge in [0.25, 0.3) is 11.5 Å². The maximum Gasteiger partial charge on any atom is 0.288 e. The number of carbonyl (C=O) groups excluding carboxylic acids is 1. The van der Waals surface area contributed by atoms with E-state index in [1.54, 1.807) is 0 Å². The van der Waals surface area contributed by atoms with Crippen molar-refractivity contribution in [3.63, 3.8) is 0 Å². The molecule has 3 heterocycles. The van der Waals surface area contributed by atoms with Gasteiger partial charge in [-0.2, -0.15) is 4.52 Å². The molecule has 0 radical (unpaired) electrons. The van der Waals surface area contributed by atoms with E-state index in [4.69, 9.17) is 0 Å². The Morgan fingerprint density at radius 3 is 2.64 bits per heavy atom. The zero-order valence-corrected chi connectivity index (χ0v) is 17.3. The smallest absolute Gasteiger partial charge is 0.288 e. The zero-order chi connectivity index (χ0) is 19.5. The minimum absolute atomic E-state index is 0.0865. The van der Waals surface area contributed by atoms with Gasteiger partial charge in [0, 0.05) is 25.3 Å². The van der Waals surface area contributed by atoms with E-state index in [9.17, 15) is 9.59 Å². The minimum atomic E-state index is -0.374. The van der Waals surface area contributed by atoms with Crippen LogP contribution in [-0.4, -0.2) is 39.6 Å². The highest BCUT2D eigenvalue weighted by molar-refractivity contribution is 7.20. The number of carbonyl (C=O) groups is 1. The average molecular weight is 404 g/mol. The number of nitrogens with zero attached hydrogens (tertiary/aromatic N) is 4. The van der Waals surface area contributed by atoms with Crippen LogP contribution in [0.25, 0.3) is 4.96 Å². The highest BCUT2D eigenvalue weighted by Gasteiger charge is 2.23. The molecule has 2 aliphatic rings. The first-order valence-electron chi connectivity index (χ1n) is 10.6. The maximum absolute atomic E-state index is 12.9. The fraction of sp³-hybridized carbons (Fsp3) is 0.700. The van der Waals surface area contributed by atoms with Gasteiger partial charge >= 0.3 is 0 Å². The molecule has 0 bridgehead atoms. The van der Waals surface area contributed by atoms with Crippen molar-refractivity contribution in [1.29, 1.82) is 0 Å². The summed E-state index contributed by atoms with van der Waals surface area (Å²) in [5.74, 6) is 0.300. The molecule has 1 amide bonds. The highest BCUT2D eigenvalue weighted by Crippen LogP contribution is 2.26. The van der Waals surface area contributed by atoms with Gasteiger partial charge in [0.1, 0.15) is 5.56 Å². The topological polar surface area (TPSA) is 79.6 Å². The van der Waals surface area contributed by atoms with Crippen molar-refractivity contribution in [2.45, 2.75) is 70.8 Å². The molecule has 0 unspecified atom stereocenters. The fourth-order valence-corrected chi connectivity index (χ4v) is 5.18. The van der Waals surface area contributed by atoms with Gasteiger partial charge in [0.15, 0.2) is 0 Å². The van der Waals surface area contributed by atoms with E-state index >= 15 is 0 Å². The van der Waals surface area contributed by atoms with Crippen LogP contribution in [0.15, 0.2) is 11.0 Å². The molecule has 2 aromatic rings. The Morgan fingerprint density at radius 2 is 1.89 bits per heavy atom. The first kappa shape index (κ1) is 19.4. The first-order chi connectivity index (χ1) is 13.6. The Balaban J connectivity index is 1.53. The fourth-order valence-electron chi connectivity index (χ4n) is 4.29. The summed E-state index contributed by atoms with van der Waals surface area (Å²) in [4.78, 5) is 32.7. The van der Waals surface area contributed by atoms with Crippen molar-refractivity contribution in [1.82, 2.24) is 19.9 Å². The molecular weight excluding hydrogens is 374 g/mol. The second-order valence-corrected chi connectivity index (χ2v) is 9.20. The van der Waals surface area contributed by atoms with Crippen LogP contribution in [0.2, 0.25) is 0 Å². The molecule has 152 valence electrons. The third kappa shape index (κ3) is 4.21. The van der Waals surface area contributed by atoms with Crippen molar-refractivity contribution in [2.24, 2.45) is 5.92 Å². The molecule has 8 heteroatoms. The first-order valence-corrected chi connectivity index (χ1v) is 11.4. The van der Waals surface area contributed by atoms with Gasteiger partial charge in [0.05, 0.1) is 0 Å². The Hall–Kier alpha value is -1.96. The van der Waals surface area contributed by atoms with Gasteiger partial charge in [0.2, 0.25) is 10.1 Å². The molecule has 1 N–H and O–H groups in total. The Morgan fingerprint density at radius 1 is 1.14 bits per heavy atom. The molecule has 1 aliphatic carbocycles. The van der Waals surface area contributed by atoms with E-state index in [1.807, 2.05) is 0 Å². The van der Waals surface area contributed by atoms with Crippen LogP contribution in [0, 0.1) is 5.92 Å². The van der Waals surface area contributed by atoms with Crippen LogP contribution in [-0.2, 0) is 0 Å². The monoisotopic (exact) mass is 403 g/mol. The third-order valence-corrected chi connectivity index (χ3v) is 6.87. The van der Waals surface area contributed by atoms with Crippen LogP contribution < -0.4 is 15.8 Å². The van der Waals surface area contributed by atoms with Crippen molar-refractivity contribution in [3.05, 3.63) is 22.1 Å². The second-order valence-electron chi connectivity index (χ2n) is 8.26. The Kier molecular flexibility index (Phi) is 5.94. The van der Waals surface area contributed by atoms with Crippen LogP contribution >= 0.6 is 11.3 Å². The molecule has 1 aliphatic heterocycles. The van der Waals surface area contributed by atoms with Crippen molar-refractivity contribution >= 4 is 27.3 Å². The normalized spacial score (nSPS) is 22.0. The maximum atomic E-state index is 12.9. The lowest BCUT2D eigenvalue weighted by molar-refractivity contribution is 0.0928. The predicted molar refractivity (Wildman–Crippen MR) is 111 cm³/mol. The molecule has 0 aromatic carbocycles. The summed E-state index contributed by atoms with van der Waals surface area (Å²) in [6, 6.07) is 0.147. The van der Waals surface area contributed by atoms with Crippen LogP contribution in [0.5, 0.6) is 0 Å². The van der Waals surface area contributed by atoms with Crippen LogP contribution in [0.4, 0.5) is 5.13 Å². The summed E-state index contributed by atoms with van der Waals surface area (Å²) in [5.41, 5.74) is -0.288. The van der Waals surface area contributed by atoms with Gasteiger partial charge in [-0.25, -0.2) is 4.98 Å². The molecule has 4 rings (SSSR count). The van der Waals surface area contributed by atoms with Gasteiger partial charge < -0.3 is 10.2 Å². The Labute approximate surface area is 169 Å². The molecule has 2 fully saturated rings. The van der Waals surface area contributed by atoms with E-state index in [0.717, 1.165) is 50.3 Å². The number of aromatic nitrogens is 3. The summed E-state index contributed by atoms with van der Waals surface area (Å²) in [7, 11) is 0. The summed E-state index contributed by atoms with van der Waals surface area (Å²) >= 11 is 1.42. The standard InChI is InChI=1S/C20H29N5O2S/c1-14-8-7-11-24(13-14)20-23-25-18(27)16(12-21-19(25)28-20)17(26)22-15-9-5-3-2-4-6-10-15/h12,14-15H,2-11,13H2,1H3,(H,22,26)/t14-/m0/s1. The van der Waals surface area contributed by atoms with E-state index in [2.05, 4.69) is 27.2 Å². The molecule has 1 saturated heterocycles. The number of rotatable bonds is 3. The minimum Gasteiger partial charge on any atom is -0.349 e. The van der Waals surface area contributed by atoms with Gasteiger partial charge in [-0.15, -0.1) is 5.10 Å². The van der Waals surface area contributed by atoms with Crippen LogP contribution in [0.1, 0.15) is 75.1 Å². The van der Waals surface area contributed by atoms with Crippen molar-refractivity contribution in [3.8, 4) is 0 Å². The Bertz CT molecular complexity index is 884.